The molecule has 1 aromatic rings. The molecule has 4 nitrogen and oxygen atoms in total. The summed E-state index contributed by atoms with van der Waals surface area (Å²) >= 11 is 0. The van der Waals surface area contributed by atoms with Gasteiger partial charge in [0.05, 0.1) is 0 Å². The monoisotopic (exact) mass is 426 g/mol. The smallest absolute Gasteiger partial charge is 0.321 e. The molecule has 31 heavy (non-hydrogen) atoms. The maximum Gasteiger partial charge on any atom is 0.321 e. The zero-order valence-corrected chi connectivity index (χ0v) is 19.4. The predicted octanol–water partition coefficient (Wildman–Crippen LogP) is 5.25. The summed E-state index contributed by atoms with van der Waals surface area (Å²) in [6.07, 6.45) is 11.2. The molecule has 3 atom stereocenters. The SMILES string of the molecule is CCCC1CCN(C[C@@H]2CN([C@@H](C(=O)O)C3CCCCC3)C[C@H]2c2ccccc2)CC1. The largest absolute Gasteiger partial charge is 0.480 e. The topological polar surface area (TPSA) is 43.8 Å². The summed E-state index contributed by atoms with van der Waals surface area (Å²) in [7, 11) is 0. The van der Waals surface area contributed by atoms with E-state index in [-0.39, 0.29) is 6.04 Å². The molecule has 3 fully saturated rings. The summed E-state index contributed by atoms with van der Waals surface area (Å²) in [4.78, 5) is 17.4. The number of carbonyl (C=O) groups is 1. The summed E-state index contributed by atoms with van der Waals surface area (Å²) in [5.41, 5.74) is 1.39. The fourth-order valence-electron chi connectivity index (χ4n) is 6.70. The summed E-state index contributed by atoms with van der Waals surface area (Å²) in [6, 6.07) is 10.6. The fraction of sp³-hybridized carbons (Fsp3) is 0.741. The molecular weight excluding hydrogens is 384 g/mol. The molecule has 2 heterocycles. The maximum absolute atomic E-state index is 12.4. The second-order valence-electron chi connectivity index (χ2n) is 10.4. The minimum Gasteiger partial charge on any atom is -0.480 e. The summed E-state index contributed by atoms with van der Waals surface area (Å²) in [6.45, 7) is 7.68. The van der Waals surface area contributed by atoms with Gasteiger partial charge in [-0.25, -0.2) is 0 Å². The zero-order valence-electron chi connectivity index (χ0n) is 19.4. The van der Waals surface area contributed by atoms with Crippen LogP contribution in [-0.4, -0.2) is 59.6 Å². The molecule has 4 heteroatoms. The number of benzene rings is 1. The molecule has 0 aromatic heterocycles. The Hall–Kier alpha value is -1.39. The van der Waals surface area contributed by atoms with Gasteiger partial charge < -0.3 is 10.0 Å². The van der Waals surface area contributed by atoms with E-state index < -0.39 is 5.97 Å². The van der Waals surface area contributed by atoms with Crippen LogP contribution in [0.1, 0.15) is 76.2 Å². The first kappa shape index (κ1) is 22.8. The molecule has 3 aliphatic rings. The van der Waals surface area contributed by atoms with Crippen molar-refractivity contribution in [1.29, 1.82) is 0 Å². The lowest BCUT2D eigenvalue weighted by atomic mass is 9.83. The van der Waals surface area contributed by atoms with E-state index in [1.54, 1.807) is 0 Å². The lowest BCUT2D eigenvalue weighted by Gasteiger charge is -2.35. The normalized spacial score (nSPS) is 28.0. The van der Waals surface area contributed by atoms with Crippen molar-refractivity contribution < 1.29 is 9.90 Å². The van der Waals surface area contributed by atoms with Crippen molar-refractivity contribution in [2.75, 3.05) is 32.7 Å². The Kier molecular flexibility index (Phi) is 8.06. The van der Waals surface area contributed by atoms with Crippen LogP contribution < -0.4 is 0 Å². The molecule has 0 bridgehead atoms. The highest BCUT2D eigenvalue weighted by Gasteiger charge is 2.43. The van der Waals surface area contributed by atoms with Gasteiger partial charge in [-0.15, -0.1) is 0 Å². The Labute approximate surface area is 189 Å². The third-order valence-corrected chi connectivity index (χ3v) is 8.34. The van der Waals surface area contributed by atoms with Gasteiger partial charge in [0.25, 0.3) is 0 Å². The van der Waals surface area contributed by atoms with Crippen molar-refractivity contribution in [2.24, 2.45) is 17.8 Å². The third-order valence-electron chi connectivity index (χ3n) is 8.34. The predicted molar refractivity (Wildman–Crippen MR) is 126 cm³/mol. The molecule has 0 spiro atoms. The molecule has 2 saturated heterocycles. The average molecular weight is 427 g/mol. The molecular formula is C27H42N2O2. The Morgan fingerprint density at radius 1 is 1.03 bits per heavy atom. The second-order valence-corrected chi connectivity index (χ2v) is 10.4. The molecule has 0 unspecified atom stereocenters. The van der Waals surface area contributed by atoms with Crippen LogP contribution in [0.2, 0.25) is 0 Å². The molecule has 1 N–H and O–H groups in total. The van der Waals surface area contributed by atoms with E-state index in [2.05, 4.69) is 47.1 Å². The van der Waals surface area contributed by atoms with Gasteiger partial charge in [-0.3, -0.25) is 9.69 Å². The summed E-state index contributed by atoms with van der Waals surface area (Å²) in [5, 5.41) is 10.2. The van der Waals surface area contributed by atoms with Crippen LogP contribution in [0.15, 0.2) is 30.3 Å². The Morgan fingerprint density at radius 2 is 1.74 bits per heavy atom. The van der Waals surface area contributed by atoms with Gasteiger partial charge in [0.1, 0.15) is 6.04 Å². The molecule has 2 aliphatic heterocycles. The van der Waals surface area contributed by atoms with Crippen molar-refractivity contribution >= 4 is 5.97 Å². The molecule has 1 aromatic carbocycles. The van der Waals surface area contributed by atoms with Gasteiger partial charge in [0.2, 0.25) is 0 Å². The van der Waals surface area contributed by atoms with Gasteiger partial charge in [0.15, 0.2) is 0 Å². The zero-order chi connectivity index (χ0) is 21.6. The van der Waals surface area contributed by atoms with E-state index in [9.17, 15) is 9.90 Å². The maximum atomic E-state index is 12.4. The average Bonchev–Trinajstić information content (AvgIpc) is 3.19. The van der Waals surface area contributed by atoms with Crippen LogP contribution in [0.4, 0.5) is 0 Å². The fourth-order valence-corrected chi connectivity index (χ4v) is 6.70. The van der Waals surface area contributed by atoms with E-state index in [0.29, 0.717) is 17.8 Å². The number of carboxylic acid groups (broad SMARTS) is 1. The molecule has 4 rings (SSSR count). The summed E-state index contributed by atoms with van der Waals surface area (Å²) < 4.78 is 0. The van der Waals surface area contributed by atoms with E-state index >= 15 is 0 Å². The first-order chi connectivity index (χ1) is 15.2. The van der Waals surface area contributed by atoms with Gasteiger partial charge in [-0.05, 0) is 62.1 Å². The van der Waals surface area contributed by atoms with Crippen LogP contribution in [0, 0.1) is 17.8 Å². The van der Waals surface area contributed by atoms with Crippen LogP contribution in [0.25, 0.3) is 0 Å². The number of aliphatic carboxylic acids is 1. The first-order valence-electron chi connectivity index (χ1n) is 12.9. The van der Waals surface area contributed by atoms with Crippen molar-refractivity contribution in [2.45, 2.75) is 76.7 Å². The number of piperidine rings is 1. The standard InChI is InChI=1S/C27H42N2O2/c1-2-9-21-14-16-28(17-15-21)18-24-19-29(20-25(24)22-10-5-3-6-11-22)26(27(30)31)23-12-7-4-8-13-23/h3,5-6,10-11,21,23-26H,2,4,7-9,12-20H2,1H3,(H,30,31)/t24-,25+,26-/m1/s1. The number of nitrogens with zero attached hydrogens (tertiary/aromatic N) is 2. The van der Waals surface area contributed by atoms with Crippen molar-refractivity contribution in [3.05, 3.63) is 35.9 Å². The number of hydrogen-bond donors (Lipinski definition) is 1. The Balaban J connectivity index is 1.47. The van der Waals surface area contributed by atoms with Crippen molar-refractivity contribution in [3.63, 3.8) is 0 Å². The Bertz CT molecular complexity index is 680. The Morgan fingerprint density at radius 3 is 2.39 bits per heavy atom. The van der Waals surface area contributed by atoms with E-state index in [0.717, 1.165) is 38.4 Å². The highest BCUT2D eigenvalue weighted by molar-refractivity contribution is 5.74. The first-order valence-corrected chi connectivity index (χ1v) is 12.9. The third kappa shape index (κ3) is 5.70. The quantitative estimate of drug-likeness (QED) is 0.617. The molecule has 0 radical (unpaired) electrons. The molecule has 1 saturated carbocycles. The minimum atomic E-state index is -0.597. The van der Waals surface area contributed by atoms with Crippen LogP contribution in [0.3, 0.4) is 0 Å². The number of likely N-dealkylation sites (tertiary alicyclic amines) is 2. The van der Waals surface area contributed by atoms with Gasteiger partial charge in [0, 0.05) is 25.6 Å². The van der Waals surface area contributed by atoms with Crippen molar-refractivity contribution in [1.82, 2.24) is 9.80 Å². The van der Waals surface area contributed by atoms with Gasteiger partial charge in [-0.1, -0.05) is 69.4 Å². The number of carboxylic acids is 1. The lowest BCUT2D eigenvalue weighted by molar-refractivity contribution is -0.145. The van der Waals surface area contributed by atoms with Gasteiger partial charge >= 0.3 is 5.97 Å². The van der Waals surface area contributed by atoms with E-state index in [1.807, 2.05) is 0 Å². The van der Waals surface area contributed by atoms with Gasteiger partial charge in [-0.2, -0.15) is 0 Å². The minimum absolute atomic E-state index is 0.299. The second kappa shape index (κ2) is 11.0. The number of hydrogen-bond acceptors (Lipinski definition) is 3. The summed E-state index contributed by atoms with van der Waals surface area (Å²) in [5.74, 6) is 1.61. The van der Waals surface area contributed by atoms with E-state index in [4.69, 9.17) is 0 Å². The highest BCUT2D eigenvalue weighted by atomic mass is 16.4. The highest BCUT2D eigenvalue weighted by Crippen LogP contribution is 2.38. The van der Waals surface area contributed by atoms with Crippen molar-refractivity contribution in [3.8, 4) is 0 Å². The molecule has 172 valence electrons. The lowest BCUT2D eigenvalue weighted by Crippen LogP contribution is -2.46. The molecule has 0 amide bonds. The van der Waals surface area contributed by atoms with Crippen LogP contribution in [0.5, 0.6) is 0 Å². The van der Waals surface area contributed by atoms with Crippen LogP contribution in [-0.2, 0) is 4.79 Å². The number of rotatable bonds is 8. The molecule has 1 aliphatic carbocycles. The van der Waals surface area contributed by atoms with E-state index in [1.165, 1.54) is 63.6 Å². The van der Waals surface area contributed by atoms with Crippen LogP contribution >= 0.6 is 0 Å².